The van der Waals surface area contributed by atoms with Crippen molar-refractivity contribution in [3.8, 4) is 0 Å². The third kappa shape index (κ3) is 2.90. The number of rotatable bonds is 2. The molecule has 0 saturated carbocycles. The molecule has 1 aliphatic heterocycles. The molecule has 2 nitrogen and oxygen atoms in total. The van der Waals surface area contributed by atoms with E-state index in [1.807, 2.05) is 6.92 Å². The van der Waals surface area contributed by atoms with Gasteiger partial charge in [0.1, 0.15) is 0 Å². The lowest BCUT2D eigenvalue weighted by Gasteiger charge is -2.29. The lowest BCUT2D eigenvalue weighted by atomic mass is 10.1. The molecule has 0 unspecified atom stereocenters. The average Bonchev–Trinajstić information content (AvgIpc) is 2.28. The van der Waals surface area contributed by atoms with Crippen LogP contribution in [-0.2, 0) is 0 Å². The molecule has 0 aromatic heterocycles. The number of nitrogens with zero attached hydrogens (tertiary/aromatic N) is 1. The van der Waals surface area contributed by atoms with E-state index in [9.17, 15) is 0 Å². The van der Waals surface area contributed by atoms with E-state index < -0.39 is 0 Å². The van der Waals surface area contributed by atoms with E-state index in [1.165, 1.54) is 16.8 Å². The molecule has 1 aliphatic rings. The Hall–Kier alpha value is -0.800. The third-order valence-electron chi connectivity index (χ3n) is 3.17. The van der Waals surface area contributed by atoms with E-state index in [2.05, 4.69) is 52.0 Å². The van der Waals surface area contributed by atoms with E-state index in [-0.39, 0.29) is 6.04 Å². The van der Waals surface area contributed by atoms with E-state index in [0.717, 1.165) is 24.0 Å². The van der Waals surface area contributed by atoms with E-state index in [1.54, 1.807) is 0 Å². The monoisotopic (exact) mass is 294 g/mol. The van der Waals surface area contributed by atoms with Gasteiger partial charge in [0.05, 0.1) is 5.69 Å². The summed E-state index contributed by atoms with van der Waals surface area (Å²) in [6.07, 6.45) is 3.45. The van der Waals surface area contributed by atoms with Gasteiger partial charge in [0.25, 0.3) is 0 Å². The average molecular weight is 295 g/mol. The van der Waals surface area contributed by atoms with Crippen molar-refractivity contribution in [2.75, 3.05) is 18.0 Å². The van der Waals surface area contributed by atoms with E-state index in [0.29, 0.717) is 0 Å². The van der Waals surface area contributed by atoms with Crippen LogP contribution in [0.15, 0.2) is 34.3 Å². The Labute approximate surface area is 112 Å². The quantitative estimate of drug-likeness (QED) is 0.844. The molecule has 1 aromatic rings. The standard InChI is InChI=1S/C14H19BrN2/c1-10-4-3-7-17(9-10)14-6-5-12(11(2)16)8-13(14)15/h4-6,8,11H,3,7,9,16H2,1-2H3/t11-/m1/s1. The summed E-state index contributed by atoms with van der Waals surface area (Å²) in [4.78, 5) is 2.41. The fourth-order valence-electron chi connectivity index (χ4n) is 2.18. The van der Waals surface area contributed by atoms with Gasteiger partial charge in [-0.1, -0.05) is 17.7 Å². The second-order valence-corrected chi connectivity index (χ2v) is 5.61. The number of hydrogen-bond acceptors (Lipinski definition) is 2. The van der Waals surface area contributed by atoms with Crippen molar-refractivity contribution in [1.29, 1.82) is 0 Å². The smallest absolute Gasteiger partial charge is 0.0513 e. The van der Waals surface area contributed by atoms with Crippen molar-refractivity contribution in [2.24, 2.45) is 5.73 Å². The molecule has 92 valence electrons. The maximum Gasteiger partial charge on any atom is 0.0513 e. The summed E-state index contributed by atoms with van der Waals surface area (Å²) < 4.78 is 1.14. The summed E-state index contributed by atoms with van der Waals surface area (Å²) in [6.45, 7) is 6.31. The van der Waals surface area contributed by atoms with E-state index in [4.69, 9.17) is 5.73 Å². The van der Waals surface area contributed by atoms with Crippen molar-refractivity contribution in [3.05, 3.63) is 39.9 Å². The maximum absolute atomic E-state index is 5.89. The van der Waals surface area contributed by atoms with Gasteiger partial charge in [-0.25, -0.2) is 0 Å². The molecular weight excluding hydrogens is 276 g/mol. The number of benzene rings is 1. The van der Waals surface area contributed by atoms with Gasteiger partial charge in [-0.05, 0) is 53.9 Å². The molecule has 2 rings (SSSR count). The molecule has 2 N–H and O–H groups in total. The molecular formula is C14H19BrN2. The fraction of sp³-hybridized carbons (Fsp3) is 0.429. The summed E-state index contributed by atoms with van der Waals surface area (Å²) in [7, 11) is 0. The first-order valence-corrected chi connectivity index (χ1v) is 6.83. The SMILES string of the molecule is CC1=CCCN(c2ccc([C@@H](C)N)cc2Br)C1. The minimum atomic E-state index is 0.0864. The second-order valence-electron chi connectivity index (χ2n) is 4.76. The highest BCUT2D eigenvalue weighted by Gasteiger charge is 2.14. The van der Waals surface area contributed by atoms with Crippen LogP contribution in [0.25, 0.3) is 0 Å². The van der Waals surface area contributed by atoms with Crippen LogP contribution in [0.3, 0.4) is 0 Å². The van der Waals surface area contributed by atoms with Crippen molar-refractivity contribution >= 4 is 21.6 Å². The Morgan fingerprint density at radius 3 is 2.76 bits per heavy atom. The van der Waals surface area contributed by atoms with Gasteiger partial charge in [0, 0.05) is 23.6 Å². The highest BCUT2D eigenvalue weighted by Crippen LogP contribution is 2.30. The molecule has 1 aromatic carbocycles. The second kappa shape index (κ2) is 5.23. The van der Waals surface area contributed by atoms with Gasteiger partial charge in [-0.3, -0.25) is 0 Å². The van der Waals surface area contributed by atoms with Crippen LogP contribution < -0.4 is 10.6 Å². The normalized spacial score (nSPS) is 17.9. The van der Waals surface area contributed by atoms with Crippen LogP contribution in [0.5, 0.6) is 0 Å². The molecule has 3 heteroatoms. The van der Waals surface area contributed by atoms with Gasteiger partial charge >= 0.3 is 0 Å². The lowest BCUT2D eigenvalue weighted by molar-refractivity contribution is 0.785. The van der Waals surface area contributed by atoms with E-state index >= 15 is 0 Å². The molecule has 0 fully saturated rings. The van der Waals surface area contributed by atoms with Crippen molar-refractivity contribution < 1.29 is 0 Å². The summed E-state index contributed by atoms with van der Waals surface area (Å²) in [5.74, 6) is 0. The summed E-state index contributed by atoms with van der Waals surface area (Å²) >= 11 is 3.65. The van der Waals surface area contributed by atoms with Gasteiger partial charge in [0.15, 0.2) is 0 Å². The topological polar surface area (TPSA) is 29.3 Å². The molecule has 0 saturated heterocycles. The Morgan fingerprint density at radius 1 is 1.41 bits per heavy atom. The van der Waals surface area contributed by atoms with Crippen molar-refractivity contribution in [3.63, 3.8) is 0 Å². The third-order valence-corrected chi connectivity index (χ3v) is 3.81. The Bertz CT molecular complexity index is 438. The zero-order valence-corrected chi connectivity index (χ0v) is 12.0. The highest BCUT2D eigenvalue weighted by molar-refractivity contribution is 9.10. The number of nitrogens with two attached hydrogens (primary N) is 1. The first kappa shape index (κ1) is 12.7. The molecule has 1 heterocycles. The zero-order chi connectivity index (χ0) is 12.4. The summed E-state index contributed by atoms with van der Waals surface area (Å²) in [5.41, 5.74) is 9.77. The molecule has 0 radical (unpaired) electrons. The molecule has 0 spiro atoms. The van der Waals surface area contributed by atoms with Crippen molar-refractivity contribution in [2.45, 2.75) is 26.3 Å². The van der Waals surface area contributed by atoms with Crippen LogP contribution in [0.1, 0.15) is 31.9 Å². The van der Waals surface area contributed by atoms with Crippen molar-refractivity contribution in [1.82, 2.24) is 0 Å². The van der Waals surface area contributed by atoms with Gasteiger partial charge in [0.2, 0.25) is 0 Å². The maximum atomic E-state index is 5.89. The predicted molar refractivity (Wildman–Crippen MR) is 77.3 cm³/mol. The highest BCUT2D eigenvalue weighted by atomic mass is 79.9. The molecule has 0 bridgehead atoms. The van der Waals surface area contributed by atoms with Crippen LogP contribution in [0.2, 0.25) is 0 Å². The van der Waals surface area contributed by atoms with Crippen LogP contribution in [0.4, 0.5) is 5.69 Å². The first-order valence-electron chi connectivity index (χ1n) is 6.03. The van der Waals surface area contributed by atoms with Crippen LogP contribution >= 0.6 is 15.9 Å². The van der Waals surface area contributed by atoms with Gasteiger partial charge in [-0.2, -0.15) is 0 Å². The summed E-state index contributed by atoms with van der Waals surface area (Å²) in [5, 5.41) is 0. The fourth-order valence-corrected chi connectivity index (χ4v) is 2.83. The summed E-state index contributed by atoms with van der Waals surface area (Å²) in [6, 6.07) is 6.51. The first-order chi connectivity index (χ1) is 8.08. The number of halogens is 1. The molecule has 17 heavy (non-hydrogen) atoms. The molecule has 0 amide bonds. The Morgan fingerprint density at radius 2 is 2.18 bits per heavy atom. The minimum absolute atomic E-state index is 0.0864. The number of anilines is 1. The van der Waals surface area contributed by atoms with Gasteiger partial charge in [-0.15, -0.1) is 0 Å². The van der Waals surface area contributed by atoms with Crippen LogP contribution in [0, 0.1) is 0 Å². The van der Waals surface area contributed by atoms with Crippen LogP contribution in [-0.4, -0.2) is 13.1 Å². The Balaban J connectivity index is 2.25. The predicted octanol–water partition coefficient (Wildman–Crippen LogP) is 3.63. The zero-order valence-electron chi connectivity index (χ0n) is 10.4. The largest absolute Gasteiger partial charge is 0.366 e. The molecule has 1 atom stereocenters. The van der Waals surface area contributed by atoms with Gasteiger partial charge < -0.3 is 10.6 Å². The number of hydrogen-bond donors (Lipinski definition) is 1. The Kier molecular flexibility index (Phi) is 3.89. The lowest BCUT2D eigenvalue weighted by Crippen LogP contribution is -2.29. The minimum Gasteiger partial charge on any atom is -0.366 e. The molecule has 0 aliphatic carbocycles.